The van der Waals surface area contributed by atoms with E-state index < -0.39 is 10.9 Å². The van der Waals surface area contributed by atoms with E-state index in [4.69, 9.17) is 0 Å². The zero-order valence-corrected chi connectivity index (χ0v) is 11.2. The summed E-state index contributed by atoms with van der Waals surface area (Å²) in [4.78, 5) is 23.7. The Labute approximate surface area is 111 Å². The number of nitrogens with zero attached hydrogens (tertiary/aromatic N) is 2. The van der Waals surface area contributed by atoms with Crippen molar-refractivity contribution in [1.82, 2.24) is 0 Å². The molecule has 0 bridgehead atoms. The maximum absolute atomic E-state index is 11.5. The Morgan fingerprint density at radius 1 is 1.53 bits per heavy atom. The van der Waals surface area contributed by atoms with Gasteiger partial charge in [0.25, 0.3) is 5.69 Å². The first kappa shape index (κ1) is 14.7. The lowest BCUT2D eigenvalue weighted by Crippen LogP contribution is -2.20. The molecular weight excluding hydrogens is 248 g/mol. The lowest BCUT2D eigenvalue weighted by Gasteiger charge is -2.19. The minimum Gasteiger partial charge on any atom is -0.465 e. The molecule has 102 valence electrons. The van der Waals surface area contributed by atoms with Crippen LogP contribution in [0.3, 0.4) is 0 Å². The molecule has 1 aromatic carbocycles. The van der Waals surface area contributed by atoms with Gasteiger partial charge >= 0.3 is 5.97 Å². The number of nitro groups is 1. The van der Waals surface area contributed by atoms with Gasteiger partial charge in [0.2, 0.25) is 0 Å². The standard InChI is InChI=1S/C13H16N2O4/c1-9(2)8-14(3)12-7-10(13(16)19-4)5-6-11(12)15(17)18/h5-7H,1,8H2,2-4H3. The topological polar surface area (TPSA) is 72.7 Å². The summed E-state index contributed by atoms with van der Waals surface area (Å²) in [5, 5.41) is 11.0. The number of hydrogen-bond acceptors (Lipinski definition) is 5. The lowest BCUT2D eigenvalue weighted by molar-refractivity contribution is -0.384. The third-order valence-electron chi connectivity index (χ3n) is 2.51. The SMILES string of the molecule is C=C(C)CN(C)c1cc(C(=O)OC)ccc1[N+](=O)[O-]. The fraction of sp³-hybridized carbons (Fsp3) is 0.308. The quantitative estimate of drug-likeness (QED) is 0.353. The second-order valence-corrected chi connectivity index (χ2v) is 4.27. The van der Waals surface area contributed by atoms with Crippen molar-refractivity contribution in [1.29, 1.82) is 0 Å². The Morgan fingerprint density at radius 3 is 2.63 bits per heavy atom. The summed E-state index contributed by atoms with van der Waals surface area (Å²) in [7, 11) is 2.97. The van der Waals surface area contributed by atoms with Crippen LogP contribution in [0.2, 0.25) is 0 Å². The Morgan fingerprint density at radius 2 is 2.16 bits per heavy atom. The second-order valence-electron chi connectivity index (χ2n) is 4.27. The largest absolute Gasteiger partial charge is 0.465 e. The van der Waals surface area contributed by atoms with Crippen LogP contribution in [0.25, 0.3) is 0 Å². The van der Waals surface area contributed by atoms with Crippen LogP contribution in [-0.2, 0) is 4.74 Å². The molecule has 0 saturated heterocycles. The first-order valence-corrected chi connectivity index (χ1v) is 5.59. The number of likely N-dealkylation sites (N-methyl/N-ethyl adjacent to an activating group) is 1. The molecule has 0 saturated carbocycles. The van der Waals surface area contributed by atoms with Gasteiger partial charge in [-0.3, -0.25) is 10.1 Å². The summed E-state index contributed by atoms with van der Waals surface area (Å²) >= 11 is 0. The number of methoxy groups -OCH3 is 1. The van der Waals surface area contributed by atoms with E-state index in [1.807, 2.05) is 6.92 Å². The molecule has 6 heteroatoms. The van der Waals surface area contributed by atoms with Crippen molar-refractivity contribution in [2.75, 3.05) is 25.6 Å². The van der Waals surface area contributed by atoms with E-state index >= 15 is 0 Å². The van der Waals surface area contributed by atoms with Crippen molar-refractivity contribution in [3.63, 3.8) is 0 Å². The van der Waals surface area contributed by atoms with E-state index in [1.165, 1.54) is 25.3 Å². The summed E-state index contributed by atoms with van der Waals surface area (Å²) in [6, 6.07) is 4.13. The highest BCUT2D eigenvalue weighted by Gasteiger charge is 2.19. The van der Waals surface area contributed by atoms with Crippen LogP contribution in [0.1, 0.15) is 17.3 Å². The molecule has 6 nitrogen and oxygen atoms in total. The molecule has 0 aliphatic carbocycles. The predicted octanol–water partition coefficient (Wildman–Crippen LogP) is 2.39. The number of anilines is 1. The molecule has 1 aromatic rings. The van der Waals surface area contributed by atoms with Crippen LogP contribution in [-0.4, -0.2) is 31.6 Å². The van der Waals surface area contributed by atoms with Crippen molar-refractivity contribution in [2.24, 2.45) is 0 Å². The fourth-order valence-corrected chi connectivity index (χ4v) is 1.72. The summed E-state index contributed by atoms with van der Waals surface area (Å²) < 4.78 is 4.61. The zero-order chi connectivity index (χ0) is 14.6. The highest BCUT2D eigenvalue weighted by molar-refractivity contribution is 5.91. The van der Waals surface area contributed by atoms with E-state index in [-0.39, 0.29) is 11.3 Å². The molecule has 0 N–H and O–H groups in total. The van der Waals surface area contributed by atoms with Gasteiger partial charge in [-0.1, -0.05) is 12.2 Å². The number of carbonyl (C=O) groups is 1. The van der Waals surface area contributed by atoms with Crippen LogP contribution in [0.4, 0.5) is 11.4 Å². The Bertz CT molecular complexity index is 525. The number of ether oxygens (including phenoxy) is 1. The monoisotopic (exact) mass is 264 g/mol. The van der Waals surface area contributed by atoms with Crippen LogP contribution in [0.15, 0.2) is 30.4 Å². The molecular formula is C13H16N2O4. The van der Waals surface area contributed by atoms with Gasteiger partial charge in [-0.2, -0.15) is 0 Å². The Kier molecular flexibility index (Phi) is 4.63. The van der Waals surface area contributed by atoms with Gasteiger partial charge in [-0.15, -0.1) is 0 Å². The molecule has 0 atom stereocenters. The first-order valence-electron chi connectivity index (χ1n) is 5.59. The van der Waals surface area contributed by atoms with Crippen LogP contribution < -0.4 is 4.90 Å². The van der Waals surface area contributed by atoms with Gasteiger partial charge in [0.1, 0.15) is 5.69 Å². The first-order chi connectivity index (χ1) is 8.86. The van der Waals surface area contributed by atoms with Crippen molar-refractivity contribution < 1.29 is 14.5 Å². The molecule has 0 fully saturated rings. The molecule has 1 rings (SSSR count). The van der Waals surface area contributed by atoms with E-state index in [0.29, 0.717) is 12.2 Å². The number of esters is 1. The normalized spacial score (nSPS) is 9.84. The van der Waals surface area contributed by atoms with Gasteiger partial charge in [-0.05, 0) is 19.1 Å². The van der Waals surface area contributed by atoms with Gasteiger partial charge in [0.15, 0.2) is 0 Å². The predicted molar refractivity (Wildman–Crippen MR) is 72.5 cm³/mol. The van der Waals surface area contributed by atoms with Crippen molar-refractivity contribution >= 4 is 17.3 Å². The average Bonchev–Trinajstić information content (AvgIpc) is 2.36. The molecule has 0 amide bonds. The Hall–Kier alpha value is -2.37. The smallest absolute Gasteiger partial charge is 0.337 e. The molecule has 0 aliphatic rings. The maximum atomic E-state index is 11.5. The number of rotatable bonds is 5. The second kappa shape index (κ2) is 5.99. The third-order valence-corrected chi connectivity index (χ3v) is 2.51. The summed E-state index contributed by atoms with van der Waals surface area (Å²) in [6.07, 6.45) is 0. The maximum Gasteiger partial charge on any atom is 0.337 e. The number of carbonyl (C=O) groups excluding carboxylic acids is 1. The van der Waals surface area contributed by atoms with Crippen LogP contribution in [0.5, 0.6) is 0 Å². The Balaban J connectivity index is 3.26. The number of nitro benzene ring substituents is 1. The van der Waals surface area contributed by atoms with Gasteiger partial charge in [0, 0.05) is 19.7 Å². The summed E-state index contributed by atoms with van der Waals surface area (Å²) in [6.45, 7) is 6.06. The zero-order valence-electron chi connectivity index (χ0n) is 11.2. The van der Waals surface area contributed by atoms with Gasteiger partial charge in [-0.25, -0.2) is 4.79 Å². The van der Waals surface area contributed by atoms with E-state index in [9.17, 15) is 14.9 Å². The molecule has 0 radical (unpaired) electrons. The molecule has 0 aromatic heterocycles. The van der Waals surface area contributed by atoms with Gasteiger partial charge in [0.05, 0.1) is 17.6 Å². The molecule has 0 spiro atoms. The molecule has 19 heavy (non-hydrogen) atoms. The minimum atomic E-state index is -0.528. The van der Waals surface area contributed by atoms with Crippen LogP contribution in [0, 0.1) is 10.1 Å². The van der Waals surface area contributed by atoms with E-state index in [0.717, 1.165) is 5.57 Å². The van der Waals surface area contributed by atoms with Crippen molar-refractivity contribution in [3.05, 3.63) is 46.0 Å². The third kappa shape index (κ3) is 3.54. The lowest BCUT2D eigenvalue weighted by atomic mass is 10.1. The highest BCUT2D eigenvalue weighted by atomic mass is 16.6. The number of hydrogen-bond donors (Lipinski definition) is 0. The van der Waals surface area contributed by atoms with Gasteiger partial charge < -0.3 is 9.64 Å². The van der Waals surface area contributed by atoms with E-state index in [1.54, 1.807) is 11.9 Å². The average molecular weight is 264 g/mol. The highest BCUT2D eigenvalue weighted by Crippen LogP contribution is 2.29. The number of benzene rings is 1. The molecule has 0 heterocycles. The van der Waals surface area contributed by atoms with Crippen LogP contribution >= 0.6 is 0 Å². The molecule has 0 unspecified atom stereocenters. The summed E-state index contributed by atoms with van der Waals surface area (Å²) in [5.41, 5.74) is 1.43. The van der Waals surface area contributed by atoms with E-state index in [2.05, 4.69) is 11.3 Å². The van der Waals surface area contributed by atoms with Crippen molar-refractivity contribution in [3.8, 4) is 0 Å². The minimum absolute atomic E-state index is 0.0589. The molecule has 0 aliphatic heterocycles. The van der Waals surface area contributed by atoms with Crippen molar-refractivity contribution in [2.45, 2.75) is 6.92 Å². The summed E-state index contributed by atoms with van der Waals surface area (Å²) in [5.74, 6) is -0.528. The fourth-order valence-electron chi connectivity index (χ4n) is 1.72.